The summed E-state index contributed by atoms with van der Waals surface area (Å²) in [7, 11) is 5.71. The van der Waals surface area contributed by atoms with Gasteiger partial charge in [0.2, 0.25) is 0 Å². The fraction of sp³-hybridized carbons (Fsp3) is 0.286. The van der Waals surface area contributed by atoms with Crippen molar-refractivity contribution in [3.05, 3.63) is 65.2 Å². The molecule has 1 aliphatic heterocycles. The Morgan fingerprint density at radius 2 is 1.82 bits per heavy atom. The fourth-order valence-corrected chi connectivity index (χ4v) is 3.08. The van der Waals surface area contributed by atoms with E-state index in [-0.39, 0.29) is 30.6 Å². The molecule has 2 aromatic carbocycles. The minimum absolute atomic E-state index is 0.0414. The molecule has 1 atom stereocenters. The smallest absolute Gasteiger partial charge is 0.339 e. The first-order valence-electron chi connectivity index (χ1n) is 8.99. The lowest BCUT2D eigenvalue weighted by molar-refractivity contribution is -0.862. The zero-order valence-corrected chi connectivity index (χ0v) is 16.2. The summed E-state index contributed by atoms with van der Waals surface area (Å²) < 4.78 is 5.95. The second-order valence-electron chi connectivity index (χ2n) is 7.74. The number of cyclic esters (lactones) is 1. The van der Waals surface area contributed by atoms with Crippen molar-refractivity contribution in [3.63, 3.8) is 0 Å². The first-order chi connectivity index (χ1) is 13.2. The third-order valence-electron chi connectivity index (χ3n) is 4.30. The predicted octanol–water partition coefficient (Wildman–Crippen LogP) is 2.22. The van der Waals surface area contributed by atoms with Crippen LogP contribution in [-0.2, 0) is 9.53 Å². The van der Waals surface area contributed by atoms with Crippen molar-refractivity contribution in [2.45, 2.75) is 12.5 Å². The number of hydrogen-bond donors (Lipinski definition) is 2. The molecule has 3 rings (SSSR count). The molecule has 28 heavy (non-hydrogen) atoms. The number of nitrogens with one attached hydrogen (secondary N) is 1. The summed E-state index contributed by atoms with van der Waals surface area (Å²) in [5, 5.41) is 14.5. The largest absolute Gasteiger partial charge is 0.507 e. The number of quaternary nitrogens is 1. The van der Waals surface area contributed by atoms with Crippen LogP contribution in [0.1, 0.15) is 34.0 Å². The molecule has 146 valence electrons. The molecule has 7 nitrogen and oxygen atoms in total. The van der Waals surface area contributed by atoms with E-state index in [1.54, 1.807) is 36.4 Å². The molecule has 2 aromatic rings. The number of likely N-dealkylation sites (N-methyl/N-ethyl adjacent to an activating group) is 1. The molecular weight excluding hydrogens is 358 g/mol. The van der Waals surface area contributed by atoms with Gasteiger partial charge in [-0.05, 0) is 18.2 Å². The number of benzene rings is 2. The van der Waals surface area contributed by atoms with Crippen molar-refractivity contribution >= 4 is 17.6 Å². The van der Waals surface area contributed by atoms with Crippen molar-refractivity contribution in [2.24, 2.45) is 5.10 Å². The monoisotopic (exact) mass is 382 g/mol. The third-order valence-corrected chi connectivity index (χ3v) is 4.30. The predicted molar refractivity (Wildman–Crippen MR) is 105 cm³/mol. The van der Waals surface area contributed by atoms with Gasteiger partial charge in [0.1, 0.15) is 11.9 Å². The molecule has 0 radical (unpaired) electrons. The van der Waals surface area contributed by atoms with Crippen LogP contribution in [0.4, 0.5) is 0 Å². The van der Waals surface area contributed by atoms with E-state index in [1.165, 1.54) is 0 Å². The number of fused-ring (bicyclic) bond motifs is 1. The number of carbonyl (C=O) groups excluding carboxylic acids is 2. The quantitative estimate of drug-likeness (QED) is 0.347. The van der Waals surface area contributed by atoms with E-state index in [1.807, 2.05) is 33.3 Å². The van der Waals surface area contributed by atoms with Gasteiger partial charge in [-0.15, -0.1) is 0 Å². The molecule has 2 N–H and O–H groups in total. The maximum Gasteiger partial charge on any atom is 0.339 e. The van der Waals surface area contributed by atoms with Crippen LogP contribution in [0.5, 0.6) is 5.75 Å². The highest BCUT2D eigenvalue weighted by molar-refractivity contribution is 6.04. The van der Waals surface area contributed by atoms with E-state index in [4.69, 9.17) is 4.74 Å². The number of phenols is 1. The van der Waals surface area contributed by atoms with Crippen molar-refractivity contribution in [1.82, 2.24) is 5.43 Å². The lowest BCUT2D eigenvalue weighted by Gasteiger charge is -2.22. The van der Waals surface area contributed by atoms with Gasteiger partial charge in [0, 0.05) is 17.5 Å². The summed E-state index contributed by atoms with van der Waals surface area (Å²) in [5.41, 5.74) is 4.77. The zero-order chi connectivity index (χ0) is 20.3. The topological polar surface area (TPSA) is 88.0 Å². The van der Waals surface area contributed by atoms with Gasteiger partial charge in [0.15, 0.2) is 6.54 Å². The second kappa shape index (κ2) is 7.82. The number of amides is 1. The van der Waals surface area contributed by atoms with Crippen molar-refractivity contribution in [1.29, 1.82) is 0 Å². The Bertz CT molecular complexity index is 931. The average molecular weight is 382 g/mol. The zero-order valence-electron chi connectivity index (χ0n) is 16.2. The molecule has 7 heteroatoms. The highest BCUT2D eigenvalue weighted by Gasteiger charge is 2.32. The third kappa shape index (κ3) is 4.55. The number of esters is 1. The summed E-state index contributed by atoms with van der Waals surface area (Å²) in [5.74, 6) is -0.588. The lowest BCUT2D eigenvalue weighted by Crippen LogP contribution is -2.43. The number of hydrogen-bond acceptors (Lipinski definition) is 5. The number of ether oxygens (including phenoxy) is 1. The highest BCUT2D eigenvalue weighted by Crippen LogP contribution is 2.34. The Labute approximate surface area is 163 Å². The Balaban J connectivity index is 1.88. The second-order valence-corrected chi connectivity index (χ2v) is 7.74. The molecule has 1 amide bonds. The van der Waals surface area contributed by atoms with Crippen LogP contribution < -0.4 is 5.43 Å². The summed E-state index contributed by atoms with van der Waals surface area (Å²) in [4.78, 5) is 24.3. The molecule has 0 aromatic heterocycles. The van der Waals surface area contributed by atoms with Gasteiger partial charge >= 0.3 is 5.97 Å². The molecule has 0 spiro atoms. The van der Waals surface area contributed by atoms with Crippen LogP contribution in [0.25, 0.3) is 0 Å². The molecule has 0 saturated heterocycles. The molecule has 0 fully saturated rings. The number of nitrogens with zero attached hydrogens (tertiary/aromatic N) is 2. The van der Waals surface area contributed by atoms with Crippen LogP contribution in [0.2, 0.25) is 0 Å². The van der Waals surface area contributed by atoms with Crippen molar-refractivity contribution in [2.75, 3.05) is 27.7 Å². The molecule has 1 unspecified atom stereocenters. The Hall–Kier alpha value is -3.19. The minimum Gasteiger partial charge on any atom is -0.507 e. The molecule has 0 bridgehead atoms. The van der Waals surface area contributed by atoms with Gasteiger partial charge in [-0.25, -0.2) is 10.2 Å². The van der Waals surface area contributed by atoms with Crippen molar-refractivity contribution < 1.29 is 23.9 Å². The molecule has 1 aliphatic rings. The van der Waals surface area contributed by atoms with E-state index in [0.717, 1.165) is 5.56 Å². The molecule has 0 aliphatic carbocycles. The van der Waals surface area contributed by atoms with E-state index >= 15 is 0 Å². The normalized spacial score (nSPS) is 16.5. The summed E-state index contributed by atoms with van der Waals surface area (Å²) in [6.45, 7) is 0.249. The van der Waals surface area contributed by atoms with Gasteiger partial charge in [0.05, 0.1) is 32.4 Å². The van der Waals surface area contributed by atoms with E-state index in [0.29, 0.717) is 21.3 Å². The number of carbonyl (C=O) groups is 2. The van der Waals surface area contributed by atoms with Crippen LogP contribution in [-0.4, -0.2) is 54.9 Å². The Kier molecular flexibility index (Phi) is 5.46. The number of hydrazone groups is 1. The Morgan fingerprint density at radius 1 is 1.14 bits per heavy atom. The fourth-order valence-electron chi connectivity index (χ4n) is 3.08. The minimum atomic E-state index is -0.530. The summed E-state index contributed by atoms with van der Waals surface area (Å²) in [6, 6.07) is 13.9. The SMILES string of the molecule is C[N+](C)(C)CC(=O)NN=C(CC1OC(=O)c2ccccc21)c1ccccc1O. The highest BCUT2D eigenvalue weighted by atomic mass is 16.5. The van der Waals surface area contributed by atoms with Crippen LogP contribution in [0.3, 0.4) is 0 Å². The molecule has 1 heterocycles. The van der Waals surface area contributed by atoms with E-state index in [9.17, 15) is 14.7 Å². The number of aromatic hydroxyl groups is 1. The first-order valence-corrected chi connectivity index (χ1v) is 8.99. The van der Waals surface area contributed by atoms with Crippen molar-refractivity contribution in [3.8, 4) is 5.75 Å². The standard InChI is InChI=1S/C21H23N3O4/c1-24(2,3)13-20(26)23-22-17(16-10-6-7-11-18(16)25)12-19-14-8-4-5-9-15(14)21(27)28-19/h4-11,19H,12-13H2,1-3H3,(H-,22,23,25,26)/p+1. The molecule has 0 saturated carbocycles. The van der Waals surface area contributed by atoms with Gasteiger partial charge in [0.25, 0.3) is 5.91 Å². The lowest BCUT2D eigenvalue weighted by atomic mass is 9.97. The number of rotatable bonds is 6. The maximum atomic E-state index is 12.2. The number of phenolic OH excluding ortho intramolecular Hbond substituents is 1. The van der Waals surface area contributed by atoms with E-state index < -0.39 is 6.10 Å². The number of para-hydroxylation sites is 1. The van der Waals surface area contributed by atoms with Crippen LogP contribution >= 0.6 is 0 Å². The van der Waals surface area contributed by atoms with Gasteiger partial charge in [-0.2, -0.15) is 5.10 Å². The van der Waals surface area contributed by atoms with Crippen LogP contribution in [0, 0.1) is 0 Å². The summed E-state index contributed by atoms with van der Waals surface area (Å²) >= 11 is 0. The van der Waals surface area contributed by atoms with Gasteiger partial charge in [-0.1, -0.05) is 30.3 Å². The van der Waals surface area contributed by atoms with Crippen LogP contribution in [0.15, 0.2) is 53.6 Å². The molecular formula is C21H24N3O4+. The van der Waals surface area contributed by atoms with Gasteiger partial charge < -0.3 is 14.3 Å². The average Bonchev–Trinajstić information content (AvgIpc) is 2.94. The Morgan fingerprint density at radius 3 is 2.54 bits per heavy atom. The maximum absolute atomic E-state index is 12.2. The van der Waals surface area contributed by atoms with E-state index in [2.05, 4.69) is 10.5 Å². The van der Waals surface area contributed by atoms with Gasteiger partial charge in [-0.3, -0.25) is 4.79 Å². The first kappa shape index (κ1) is 19.6. The summed E-state index contributed by atoms with van der Waals surface area (Å²) in [6.07, 6.45) is -0.303.